The highest BCUT2D eigenvalue weighted by atomic mass is 16.5. The molecule has 6 heteroatoms. The number of nitrogens with zero attached hydrogens (tertiary/aromatic N) is 2. The second-order valence-corrected chi connectivity index (χ2v) is 8.92. The zero-order chi connectivity index (χ0) is 23.8. The number of methoxy groups -OCH3 is 1. The lowest BCUT2D eigenvalue weighted by Crippen LogP contribution is -2.29. The summed E-state index contributed by atoms with van der Waals surface area (Å²) in [7, 11) is 1.59. The minimum atomic E-state index is -0.853. The Morgan fingerprint density at radius 3 is 2.30 bits per heavy atom. The van der Waals surface area contributed by atoms with Crippen LogP contribution in [0.4, 0.5) is 5.69 Å². The van der Waals surface area contributed by atoms with Gasteiger partial charge < -0.3 is 9.84 Å². The monoisotopic (exact) mass is 442 g/mol. The molecule has 4 rings (SSSR count). The molecule has 0 spiro atoms. The smallest absolute Gasteiger partial charge is 0.300 e. The molecule has 1 fully saturated rings. The van der Waals surface area contributed by atoms with Crippen molar-refractivity contribution in [1.82, 2.24) is 4.98 Å². The summed E-state index contributed by atoms with van der Waals surface area (Å²) in [4.78, 5) is 32.2. The SMILES string of the molecule is COc1ccc(/C(O)=C2/C(=O)C(=O)N(c3ccccc3)C2c2ccccn2)cc1C(C)(C)C. The van der Waals surface area contributed by atoms with Gasteiger partial charge in [0.2, 0.25) is 0 Å². The van der Waals surface area contributed by atoms with Gasteiger partial charge in [0.1, 0.15) is 17.6 Å². The van der Waals surface area contributed by atoms with Crippen LogP contribution in [0.15, 0.2) is 78.5 Å². The number of rotatable bonds is 4. The number of pyridine rings is 1. The van der Waals surface area contributed by atoms with Crippen LogP contribution in [-0.4, -0.2) is 28.9 Å². The third-order valence-corrected chi connectivity index (χ3v) is 5.73. The zero-order valence-electron chi connectivity index (χ0n) is 19.1. The van der Waals surface area contributed by atoms with E-state index in [0.29, 0.717) is 22.7 Å². The van der Waals surface area contributed by atoms with Crippen molar-refractivity contribution in [2.45, 2.75) is 32.2 Å². The van der Waals surface area contributed by atoms with E-state index in [0.717, 1.165) is 5.56 Å². The highest BCUT2D eigenvalue weighted by molar-refractivity contribution is 6.51. The van der Waals surface area contributed by atoms with Gasteiger partial charge in [-0.15, -0.1) is 0 Å². The van der Waals surface area contributed by atoms with Crippen LogP contribution in [0.1, 0.15) is 43.6 Å². The number of ketones is 1. The first-order valence-electron chi connectivity index (χ1n) is 10.7. The van der Waals surface area contributed by atoms with Crippen molar-refractivity contribution in [3.05, 3.63) is 95.3 Å². The van der Waals surface area contributed by atoms with Crippen molar-refractivity contribution in [2.75, 3.05) is 12.0 Å². The summed E-state index contributed by atoms with van der Waals surface area (Å²) in [5, 5.41) is 11.4. The molecule has 1 aromatic heterocycles. The van der Waals surface area contributed by atoms with Crippen molar-refractivity contribution < 1.29 is 19.4 Å². The van der Waals surface area contributed by atoms with Gasteiger partial charge in [0.05, 0.1) is 18.4 Å². The molecule has 1 N–H and O–H groups in total. The van der Waals surface area contributed by atoms with E-state index in [1.807, 2.05) is 26.8 Å². The number of anilines is 1. The number of amides is 1. The Hall–Kier alpha value is -3.93. The third-order valence-electron chi connectivity index (χ3n) is 5.73. The molecule has 1 saturated heterocycles. The van der Waals surface area contributed by atoms with E-state index in [-0.39, 0.29) is 16.7 Å². The number of ether oxygens (including phenoxy) is 1. The highest BCUT2D eigenvalue weighted by Gasteiger charge is 2.47. The van der Waals surface area contributed by atoms with E-state index in [1.54, 1.807) is 74.0 Å². The van der Waals surface area contributed by atoms with E-state index in [4.69, 9.17) is 4.74 Å². The molecule has 1 atom stereocenters. The molecule has 2 heterocycles. The van der Waals surface area contributed by atoms with E-state index in [2.05, 4.69) is 4.98 Å². The normalized spacial score (nSPS) is 17.9. The molecule has 33 heavy (non-hydrogen) atoms. The van der Waals surface area contributed by atoms with Gasteiger partial charge >= 0.3 is 0 Å². The number of carbonyl (C=O) groups is 2. The number of aliphatic hydroxyl groups is 1. The van der Waals surface area contributed by atoms with Gasteiger partial charge in [0.25, 0.3) is 11.7 Å². The summed E-state index contributed by atoms with van der Waals surface area (Å²) in [6, 6.07) is 18.6. The summed E-state index contributed by atoms with van der Waals surface area (Å²) >= 11 is 0. The molecular formula is C27H26N2O4. The summed E-state index contributed by atoms with van der Waals surface area (Å²) in [5.41, 5.74) is 2.10. The van der Waals surface area contributed by atoms with Gasteiger partial charge in [0.15, 0.2) is 0 Å². The standard InChI is InChI=1S/C27H26N2O4/c1-27(2,3)19-16-17(13-14-21(19)33-4)24(30)22-23(20-12-8-9-15-28-20)29(26(32)25(22)31)18-10-6-5-7-11-18/h5-16,23,30H,1-4H3/b24-22-. The van der Waals surface area contributed by atoms with Crippen LogP contribution in [0, 0.1) is 0 Å². The summed E-state index contributed by atoms with van der Waals surface area (Å²) in [6.07, 6.45) is 1.60. The van der Waals surface area contributed by atoms with E-state index >= 15 is 0 Å². The van der Waals surface area contributed by atoms with Crippen molar-refractivity contribution in [2.24, 2.45) is 0 Å². The van der Waals surface area contributed by atoms with Crippen molar-refractivity contribution >= 4 is 23.1 Å². The molecule has 6 nitrogen and oxygen atoms in total. The van der Waals surface area contributed by atoms with Gasteiger partial charge in [-0.25, -0.2) is 0 Å². The van der Waals surface area contributed by atoms with Crippen LogP contribution < -0.4 is 9.64 Å². The summed E-state index contributed by atoms with van der Waals surface area (Å²) in [6.45, 7) is 6.12. The van der Waals surface area contributed by atoms with E-state index in [9.17, 15) is 14.7 Å². The molecule has 1 amide bonds. The van der Waals surface area contributed by atoms with Crippen LogP contribution in [0.5, 0.6) is 5.75 Å². The number of hydrogen-bond donors (Lipinski definition) is 1. The Labute approximate surface area is 193 Å². The maximum atomic E-state index is 13.2. The van der Waals surface area contributed by atoms with Crippen molar-refractivity contribution in [3.63, 3.8) is 0 Å². The number of benzene rings is 2. The fourth-order valence-electron chi connectivity index (χ4n) is 4.10. The Kier molecular flexibility index (Phi) is 5.77. The molecule has 2 aromatic carbocycles. The Morgan fingerprint density at radius 1 is 1.00 bits per heavy atom. The molecule has 0 saturated carbocycles. The molecule has 0 radical (unpaired) electrons. The van der Waals surface area contributed by atoms with Gasteiger partial charge in [-0.1, -0.05) is 45.0 Å². The number of carbonyl (C=O) groups excluding carboxylic acids is 2. The van der Waals surface area contributed by atoms with Crippen LogP contribution in [0.25, 0.3) is 5.76 Å². The molecule has 1 unspecified atom stereocenters. The second kappa shape index (κ2) is 8.54. The summed E-state index contributed by atoms with van der Waals surface area (Å²) in [5.74, 6) is -1.01. The first kappa shape index (κ1) is 22.3. The van der Waals surface area contributed by atoms with Gasteiger partial charge in [-0.05, 0) is 47.9 Å². The molecule has 168 valence electrons. The topological polar surface area (TPSA) is 79.7 Å². The molecular weight excluding hydrogens is 416 g/mol. The molecule has 1 aliphatic heterocycles. The van der Waals surface area contributed by atoms with Crippen molar-refractivity contribution in [3.8, 4) is 5.75 Å². The van der Waals surface area contributed by atoms with Gasteiger partial charge in [0, 0.05) is 23.0 Å². The number of aliphatic hydroxyl groups excluding tert-OH is 1. The van der Waals surface area contributed by atoms with Crippen molar-refractivity contribution in [1.29, 1.82) is 0 Å². The number of aromatic nitrogens is 1. The Balaban J connectivity index is 1.94. The zero-order valence-corrected chi connectivity index (χ0v) is 19.1. The minimum Gasteiger partial charge on any atom is -0.507 e. The first-order valence-corrected chi connectivity index (χ1v) is 10.7. The average Bonchev–Trinajstić information content (AvgIpc) is 3.09. The lowest BCUT2D eigenvalue weighted by atomic mass is 9.84. The maximum Gasteiger partial charge on any atom is 0.300 e. The van der Waals surface area contributed by atoms with Crippen LogP contribution >= 0.6 is 0 Å². The second-order valence-electron chi connectivity index (χ2n) is 8.92. The Bertz CT molecular complexity index is 1230. The third kappa shape index (κ3) is 4.00. The van der Waals surface area contributed by atoms with Crippen LogP contribution in [-0.2, 0) is 15.0 Å². The maximum absolute atomic E-state index is 13.2. The van der Waals surface area contributed by atoms with E-state index in [1.165, 1.54) is 4.90 Å². The fourth-order valence-corrected chi connectivity index (χ4v) is 4.10. The van der Waals surface area contributed by atoms with Gasteiger partial charge in [-0.2, -0.15) is 0 Å². The predicted molar refractivity (Wildman–Crippen MR) is 127 cm³/mol. The largest absolute Gasteiger partial charge is 0.507 e. The van der Waals surface area contributed by atoms with Gasteiger partial charge in [-0.3, -0.25) is 19.5 Å². The average molecular weight is 443 g/mol. The van der Waals surface area contributed by atoms with Crippen LogP contribution in [0.3, 0.4) is 0 Å². The predicted octanol–water partition coefficient (Wildman–Crippen LogP) is 5.01. The molecule has 0 bridgehead atoms. The highest BCUT2D eigenvalue weighted by Crippen LogP contribution is 2.42. The number of Topliss-reactive ketones (excluding diaryl/α,β-unsaturated/α-hetero) is 1. The summed E-state index contributed by atoms with van der Waals surface area (Å²) < 4.78 is 5.50. The fraction of sp³-hybridized carbons (Fsp3) is 0.222. The Morgan fingerprint density at radius 2 is 1.70 bits per heavy atom. The quantitative estimate of drug-likeness (QED) is 0.349. The first-order chi connectivity index (χ1) is 15.7. The lowest BCUT2D eigenvalue weighted by Gasteiger charge is -2.25. The molecule has 0 aliphatic carbocycles. The van der Waals surface area contributed by atoms with Crippen LogP contribution in [0.2, 0.25) is 0 Å². The lowest BCUT2D eigenvalue weighted by molar-refractivity contribution is -0.132. The number of hydrogen-bond acceptors (Lipinski definition) is 5. The molecule has 1 aliphatic rings. The van der Waals surface area contributed by atoms with E-state index < -0.39 is 17.7 Å². The molecule has 3 aromatic rings. The number of para-hydroxylation sites is 1. The minimum absolute atomic E-state index is 0.00702.